The van der Waals surface area contributed by atoms with Crippen molar-refractivity contribution in [2.75, 3.05) is 0 Å². The van der Waals surface area contributed by atoms with Crippen LogP contribution in [0, 0.1) is 0 Å². The van der Waals surface area contributed by atoms with Crippen LogP contribution in [0.4, 0.5) is 0 Å². The van der Waals surface area contributed by atoms with Crippen LogP contribution in [0.1, 0.15) is 0 Å². The van der Waals surface area contributed by atoms with E-state index in [9.17, 15) is 4.79 Å². The van der Waals surface area contributed by atoms with Gasteiger partial charge in [-0.1, -0.05) is 18.2 Å². The van der Waals surface area contributed by atoms with Crippen molar-refractivity contribution in [2.24, 2.45) is 7.05 Å². The number of rotatable bonds is 1. The summed E-state index contributed by atoms with van der Waals surface area (Å²) in [6.45, 7) is 0. The summed E-state index contributed by atoms with van der Waals surface area (Å²) in [5, 5.41) is 1.07. The minimum atomic E-state index is 0.000474. The molecule has 0 bridgehead atoms. The molecule has 0 N–H and O–H groups in total. The van der Waals surface area contributed by atoms with Crippen molar-refractivity contribution in [3.8, 4) is 11.1 Å². The Hall–Kier alpha value is -2.42. The van der Waals surface area contributed by atoms with E-state index < -0.39 is 0 Å². The second kappa shape index (κ2) is 4.11. The highest BCUT2D eigenvalue weighted by atomic mass is 16.1. The van der Waals surface area contributed by atoms with Gasteiger partial charge < -0.3 is 4.57 Å². The molecule has 0 aliphatic carbocycles. The molecule has 0 spiro atoms. The Morgan fingerprint density at radius 3 is 2.56 bits per heavy atom. The topological polar surface area (TPSA) is 34.9 Å². The van der Waals surface area contributed by atoms with E-state index in [1.54, 1.807) is 30.1 Å². The average molecular weight is 236 g/mol. The molecule has 2 aromatic heterocycles. The Morgan fingerprint density at radius 2 is 1.78 bits per heavy atom. The van der Waals surface area contributed by atoms with Crippen molar-refractivity contribution in [1.82, 2.24) is 9.55 Å². The first-order valence-corrected chi connectivity index (χ1v) is 5.76. The summed E-state index contributed by atoms with van der Waals surface area (Å²) in [4.78, 5) is 16.0. The van der Waals surface area contributed by atoms with Crippen molar-refractivity contribution < 1.29 is 0 Å². The lowest BCUT2D eigenvalue weighted by Gasteiger charge is -2.09. The lowest BCUT2D eigenvalue weighted by Crippen LogP contribution is -2.16. The van der Waals surface area contributed by atoms with Gasteiger partial charge in [-0.2, -0.15) is 0 Å². The van der Waals surface area contributed by atoms with E-state index >= 15 is 0 Å². The van der Waals surface area contributed by atoms with Crippen LogP contribution in [0.15, 0.2) is 59.7 Å². The molecule has 0 saturated heterocycles. The molecule has 0 atom stereocenters. The van der Waals surface area contributed by atoms with Gasteiger partial charge in [-0.05, 0) is 29.3 Å². The van der Waals surface area contributed by atoms with Gasteiger partial charge in [0.1, 0.15) is 0 Å². The zero-order chi connectivity index (χ0) is 12.5. The van der Waals surface area contributed by atoms with Gasteiger partial charge in [0.05, 0.1) is 5.52 Å². The fraction of sp³-hybridized carbons (Fsp3) is 0.0667. The van der Waals surface area contributed by atoms with Crippen LogP contribution >= 0.6 is 0 Å². The number of benzene rings is 1. The van der Waals surface area contributed by atoms with Crippen LogP contribution in [0.3, 0.4) is 0 Å². The van der Waals surface area contributed by atoms with Crippen molar-refractivity contribution in [1.29, 1.82) is 0 Å². The summed E-state index contributed by atoms with van der Waals surface area (Å²) in [6.07, 6.45) is 3.48. The third-order valence-electron chi connectivity index (χ3n) is 3.15. The highest BCUT2D eigenvalue weighted by molar-refractivity contribution is 5.94. The minimum absolute atomic E-state index is 0.000474. The number of nitrogens with zero attached hydrogens (tertiary/aromatic N) is 2. The lowest BCUT2D eigenvalue weighted by atomic mass is 10.0. The molecule has 0 aliphatic heterocycles. The summed E-state index contributed by atoms with van der Waals surface area (Å²) in [6, 6.07) is 13.4. The van der Waals surface area contributed by atoms with Crippen LogP contribution in [0.2, 0.25) is 0 Å². The smallest absolute Gasteiger partial charge is 0.251 e. The Morgan fingerprint density at radius 1 is 1.06 bits per heavy atom. The van der Waals surface area contributed by atoms with Crippen molar-refractivity contribution in [2.45, 2.75) is 0 Å². The van der Waals surface area contributed by atoms with Gasteiger partial charge in [0.15, 0.2) is 0 Å². The quantitative estimate of drug-likeness (QED) is 0.651. The van der Waals surface area contributed by atoms with Gasteiger partial charge in [0.2, 0.25) is 0 Å². The number of hydrogen-bond acceptors (Lipinski definition) is 2. The summed E-state index contributed by atoms with van der Waals surface area (Å²) in [7, 11) is 1.79. The number of pyridine rings is 2. The third kappa shape index (κ3) is 1.61. The van der Waals surface area contributed by atoms with Crippen molar-refractivity contribution in [3.63, 3.8) is 0 Å². The van der Waals surface area contributed by atoms with Crippen molar-refractivity contribution in [3.05, 3.63) is 65.2 Å². The number of fused-ring (bicyclic) bond motifs is 1. The maximum atomic E-state index is 12.0. The molecular weight excluding hydrogens is 224 g/mol. The van der Waals surface area contributed by atoms with Crippen LogP contribution in [-0.4, -0.2) is 9.55 Å². The predicted octanol–water partition coefficient (Wildman–Crippen LogP) is 2.60. The highest BCUT2D eigenvalue weighted by Gasteiger charge is 2.07. The molecule has 0 radical (unpaired) electrons. The lowest BCUT2D eigenvalue weighted by molar-refractivity contribution is 0.907. The van der Waals surface area contributed by atoms with Gasteiger partial charge in [-0.15, -0.1) is 0 Å². The first kappa shape index (κ1) is 10.7. The fourth-order valence-electron chi connectivity index (χ4n) is 2.18. The molecule has 0 fully saturated rings. The monoisotopic (exact) mass is 236 g/mol. The van der Waals surface area contributed by atoms with E-state index in [1.165, 1.54) is 0 Å². The molecule has 0 aliphatic rings. The van der Waals surface area contributed by atoms with Crippen LogP contribution in [0.5, 0.6) is 0 Å². The zero-order valence-electron chi connectivity index (χ0n) is 10.00. The predicted molar refractivity (Wildman–Crippen MR) is 72.4 cm³/mol. The van der Waals surface area contributed by atoms with Gasteiger partial charge in [0.25, 0.3) is 5.56 Å². The van der Waals surface area contributed by atoms with E-state index in [0.717, 1.165) is 22.0 Å². The van der Waals surface area contributed by atoms with Crippen LogP contribution in [-0.2, 0) is 7.05 Å². The Bertz CT molecular complexity index is 760. The third-order valence-corrected chi connectivity index (χ3v) is 3.15. The average Bonchev–Trinajstić information content (AvgIpc) is 2.44. The first-order valence-electron chi connectivity index (χ1n) is 5.76. The van der Waals surface area contributed by atoms with Gasteiger partial charge in [-0.25, -0.2) is 0 Å². The maximum absolute atomic E-state index is 12.0. The molecule has 0 unspecified atom stereocenters. The normalized spacial score (nSPS) is 10.7. The highest BCUT2D eigenvalue weighted by Crippen LogP contribution is 2.25. The van der Waals surface area contributed by atoms with Crippen molar-refractivity contribution >= 4 is 10.9 Å². The summed E-state index contributed by atoms with van der Waals surface area (Å²) >= 11 is 0. The molecule has 3 rings (SSSR count). The van der Waals surface area contributed by atoms with E-state index in [1.807, 2.05) is 36.4 Å². The SMILES string of the molecule is Cn1c(=O)cc(-c2ccncc2)c2ccccc21. The molecular formula is C15H12N2O. The van der Waals surface area contributed by atoms with Gasteiger partial charge in [0, 0.05) is 30.9 Å². The molecule has 2 heterocycles. The maximum Gasteiger partial charge on any atom is 0.251 e. The molecule has 88 valence electrons. The molecule has 3 nitrogen and oxygen atoms in total. The standard InChI is InChI=1S/C15H12N2O/c1-17-14-5-3-2-4-12(14)13(10-15(17)18)11-6-8-16-9-7-11/h2-10H,1H3. The first-order chi connectivity index (χ1) is 8.77. The van der Waals surface area contributed by atoms with Crippen LogP contribution < -0.4 is 5.56 Å². The molecule has 3 aromatic rings. The number of para-hydroxylation sites is 1. The van der Waals surface area contributed by atoms with E-state index in [-0.39, 0.29) is 5.56 Å². The molecule has 3 heteroatoms. The van der Waals surface area contributed by atoms with E-state index in [2.05, 4.69) is 4.98 Å². The minimum Gasteiger partial charge on any atom is -0.311 e. The second-order valence-corrected chi connectivity index (χ2v) is 4.21. The molecule has 0 saturated carbocycles. The van der Waals surface area contributed by atoms with E-state index in [4.69, 9.17) is 0 Å². The summed E-state index contributed by atoms with van der Waals surface area (Å²) < 4.78 is 1.67. The molecule has 1 aromatic carbocycles. The second-order valence-electron chi connectivity index (χ2n) is 4.21. The number of hydrogen-bond donors (Lipinski definition) is 0. The Kier molecular flexibility index (Phi) is 2.45. The summed E-state index contributed by atoms with van der Waals surface area (Å²) in [5.74, 6) is 0. The largest absolute Gasteiger partial charge is 0.311 e. The van der Waals surface area contributed by atoms with E-state index in [0.29, 0.717) is 0 Å². The van der Waals surface area contributed by atoms with Gasteiger partial charge in [-0.3, -0.25) is 9.78 Å². The molecule has 18 heavy (non-hydrogen) atoms. The Balaban J connectivity index is 2.44. The van der Waals surface area contributed by atoms with Gasteiger partial charge >= 0.3 is 0 Å². The van der Waals surface area contributed by atoms with Crippen LogP contribution in [0.25, 0.3) is 22.0 Å². The zero-order valence-corrected chi connectivity index (χ0v) is 10.00. The fourth-order valence-corrected chi connectivity index (χ4v) is 2.18. The Labute approximate surface area is 104 Å². The number of aromatic nitrogens is 2. The number of aryl methyl sites for hydroxylation is 1. The summed E-state index contributed by atoms with van der Waals surface area (Å²) in [5.41, 5.74) is 2.91. The molecule has 0 amide bonds.